The van der Waals surface area contributed by atoms with Crippen molar-refractivity contribution in [3.05, 3.63) is 0 Å². The van der Waals surface area contributed by atoms with Gasteiger partial charge in [0.1, 0.15) is 5.78 Å². The summed E-state index contributed by atoms with van der Waals surface area (Å²) in [4.78, 5) is 31.2. The van der Waals surface area contributed by atoms with Crippen LogP contribution in [0, 0.1) is 0 Å². The zero-order valence-corrected chi connectivity index (χ0v) is 49.0. The number of carbonyl (C=O) groups excluding carboxylic acids is 2. The molecule has 0 fully saturated rings. The second kappa shape index (κ2) is 59.9. The lowest BCUT2D eigenvalue weighted by Gasteiger charge is -2.29. The Labute approximate surface area is 445 Å². The molecule has 71 heavy (non-hydrogen) atoms. The molecule has 0 aromatic heterocycles. The van der Waals surface area contributed by atoms with Crippen LogP contribution in [-0.4, -0.2) is 91.6 Å². The van der Waals surface area contributed by atoms with E-state index in [4.69, 9.17) is 0 Å². The maximum Gasteiger partial charge on any atom is 0.234 e. The van der Waals surface area contributed by atoms with Gasteiger partial charge in [0.2, 0.25) is 5.91 Å². The molecule has 0 spiro atoms. The molecule has 0 aromatic rings. The van der Waals surface area contributed by atoms with Crippen LogP contribution in [0.15, 0.2) is 0 Å². The van der Waals surface area contributed by atoms with Gasteiger partial charge in [-0.05, 0) is 64.7 Å². The molecule has 424 valence electrons. The summed E-state index contributed by atoms with van der Waals surface area (Å²) in [7, 11) is 0. The molecule has 0 aliphatic carbocycles. The molecule has 0 aliphatic heterocycles. The number of ketones is 1. The van der Waals surface area contributed by atoms with E-state index in [1.165, 1.54) is 263 Å². The number of unbranched alkanes of at least 4 members (excludes halogenated alkanes) is 42. The summed E-state index contributed by atoms with van der Waals surface area (Å²) >= 11 is 0. The normalized spacial score (nSPS) is 12.2. The van der Waals surface area contributed by atoms with Crippen LogP contribution in [0.2, 0.25) is 0 Å². The molecule has 0 saturated carbocycles. The van der Waals surface area contributed by atoms with Gasteiger partial charge in [0, 0.05) is 26.1 Å². The van der Waals surface area contributed by atoms with Crippen molar-refractivity contribution in [3.63, 3.8) is 0 Å². The molecule has 3 N–H and O–H groups in total. The first-order valence-corrected chi connectivity index (χ1v) is 32.6. The minimum Gasteiger partial charge on any atom is -0.390 e. The molecule has 0 heterocycles. The second-order valence-corrected chi connectivity index (χ2v) is 22.7. The number of aliphatic hydroxyl groups is 1. The molecule has 1 unspecified atom stereocenters. The maximum absolute atomic E-state index is 13.4. The van der Waals surface area contributed by atoms with E-state index >= 15 is 0 Å². The van der Waals surface area contributed by atoms with Crippen molar-refractivity contribution >= 4 is 11.7 Å². The van der Waals surface area contributed by atoms with Crippen molar-refractivity contribution in [1.29, 1.82) is 0 Å². The molecule has 1 atom stereocenters. The molecule has 0 saturated heterocycles. The van der Waals surface area contributed by atoms with Gasteiger partial charge in [-0.15, -0.1) is 0 Å². The highest BCUT2D eigenvalue weighted by Crippen LogP contribution is 2.16. The molecule has 0 aromatic carbocycles. The van der Waals surface area contributed by atoms with Crippen LogP contribution in [0.4, 0.5) is 0 Å². The van der Waals surface area contributed by atoms with Crippen LogP contribution in [-0.2, 0) is 9.59 Å². The van der Waals surface area contributed by atoms with E-state index in [1.807, 2.05) is 4.90 Å². The van der Waals surface area contributed by atoms with Crippen molar-refractivity contribution in [2.24, 2.45) is 0 Å². The smallest absolute Gasteiger partial charge is 0.234 e. The lowest BCUT2D eigenvalue weighted by molar-refractivity contribution is -0.124. The molecular formula is C64H130N4O3. The van der Waals surface area contributed by atoms with Gasteiger partial charge < -0.3 is 20.6 Å². The number of nitrogens with one attached hydrogen (secondary N) is 2. The molecule has 0 rings (SSSR count). The van der Waals surface area contributed by atoms with E-state index in [0.29, 0.717) is 26.1 Å². The number of hydrogen-bond donors (Lipinski definition) is 3. The first-order chi connectivity index (χ1) is 35.0. The third-order valence-corrected chi connectivity index (χ3v) is 15.2. The van der Waals surface area contributed by atoms with Crippen molar-refractivity contribution in [1.82, 2.24) is 20.4 Å². The van der Waals surface area contributed by atoms with E-state index in [2.05, 4.69) is 43.2 Å². The molecule has 0 bridgehead atoms. The number of aliphatic hydroxyl groups excluding tert-OH is 1. The highest BCUT2D eigenvalue weighted by molar-refractivity contribution is 5.82. The van der Waals surface area contributed by atoms with Gasteiger partial charge in [0.15, 0.2) is 0 Å². The van der Waals surface area contributed by atoms with Gasteiger partial charge in [-0.3, -0.25) is 14.5 Å². The van der Waals surface area contributed by atoms with E-state index in [-0.39, 0.29) is 24.8 Å². The summed E-state index contributed by atoms with van der Waals surface area (Å²) in [5.41, 5.74) is 0. The Morgan fingerprint density at radius 3 is 1.00 bits per heavy atom. The fraction of sp³-hybridized carbons (Fsp3) is 0.969. The Morgan fingerprint density at radius 2 is 0.620 bits per heavy atom. The Morgan fingerprint density at radius 1 is 0.338 bits per heavy atom. The molecule has 1 amide bonds. The average molecular weight is 1000 g/mol. The Bertz CT molecular complexity index is 1000. The van der Waals surface area contributed by atoms with Crippen LogP contribution in [0.5, 0.6) is 0 Å². The second-order valence-electron chi connectivity index (χ2n) is 22.7. The van der Waals surface area contributed by atoms with Crippen LogP contribution in [0.3, 0.4) is 0 Å². The standard InChI is InChI=1S/C64H130N4O3/c1-5-9-13-17-21-25-29-32-35-39-43-47-53-65-54-49-51-57-67(56-50-45-41-37-33-30-26-22-18-14-10-6-2)59-63(70)60-68(58-62(69)52-46-42-38-34-31-27-23-19-15-11-7-3)61-64(71)66-55-48-44-40-36-28-24-20-16-12-8-4/h63,65,70H,5-61H2,1-4H3,(H,66,71). The zero-order chi connectivity index (χ0) is 51.6. The largest absolute Gasteiger partial charge is 0.390 e. The van der Waals surface area contributed by atoms with Crippen LogP contribution in [0.25, 0.3) is 0 Å². The molecule has 7 nitrogen and oxygen atoms in total. The maximum atomic E-state index is 13.4. The molecule has 0 aliphatic rings. The summed E-state index contributed by atoms with van der Waals surface area (Å²) in [6, 6.07) is 0. The Hall–Kier alpha value is -1.02. The van der Waals surface area contributed by atoms with Gasteiger partial charge in [0.25, 0.3) is 0 Å². The third-order valence-electron chi connectivity index (χ3n) is 15.2. The van der Waals surface area contributed by atoms with Gasteiger partial charge >= 0.3 is 0 Å². The van der Waals surface area contributed by atoms with Gasteiger partial charge in [-0.2, -0.15) is 0 Å². The van der Waals surface area contributed by atoms with Crippen molar-refractivity contribution in [2.75, 3.05) is 58.9 Å². The lowest BCUT2D eigenvalue weighted by atomic mass is 10.0. The van der Waals surface area contributed by atoms with E-state index in [9.17, 15) is 14.7 Å². The topological polar surface area (TPSA) is 84.9 Å². The van der Waals surface area contributed by atoms with Crippen molar-refractivity contribution < 1.29 is 14.7 Å². The molecule has 0 radical (unpaired) electrons. The van der Waals surface area contributed by atoms with Crippen LogP contribution >= 0.6 is 0 Å². The summed E-state index contributed by atoms with van der Waals surface area (Å²) in [5, 5.41) is 18.6. The summed E-state index contributed by atoms with van der Waals surface area (Å²) in [6.07, 6.45) is 61.8. The van der Waals surface area contributed by atoms with Gasteiger partial charge in [-0.25, -0.2) is 0 Å². The molecular weight excluding hydrogens is 873 g/mol. The first-order valence-electron chi connectivity index (χ1n) is 32.6. The number of Topliss-reactive ketones (excluding diaryl/α,β-unsaturated/α-hetero) is 1. The number of amides is 1. The molecule has 7 heteroatoms. The Kier molecular flexibility index (Phi) is 59.0. The minimum absolute atomic E-state index is 0.0139. The highest BCUT2D eigenvalue weighted by atomic mass is 16.3. The van der Waals surface area contributed by atoms with E-state index in [1.54, 1.807) is 0 Å². The number of hydrogen-bond acceptors (Lipinski definition) is 6. The quantitative estimate of drug-likeness (QED) is 0.0527. The van der Waals surface area contributed by atoms with E-state index in [0.717, 1.165) is 64.7 Å². The van der Waals surface area contributed by atoms with E-state index < -0.39 is 6.10 Å². The van der Waals surface area contributed by atoms with Crippen LogP contribution in [0.1, 0.15) is 336 Å². The predicted molar refractivity (Wildman–Crippen MR) is 314 cm³/mol. The lowest BCUT2D eigenvalue weighted by Crippen LogP contribution is -2.46. The summed E-state index contributed by atoms with van der Waals surface area (Å²) in [6.45, 7) is 15.4. The van der Waals surface area contributed by atoms with Crippen molar-refractivity contribution in [2.45, 2.75) is 342 Å². The van der Waals surface area contributed by atoms with Crippen molar-refractivity contribution in [3.8, 4) is 0 Å². The number of carbonyl (C=O) groups is 2. The summed E-state index contributed by atoms with van der Waals surface area (Å²) < 4.78 is 0. The predicted octanol–water partition coefficient (Wildman–Crippen LogP) is 18.0. The SMILES string of the molecule is CCCCCCCCCCCCCCNCCCCN(CCCCCCCCCCCCCC)CC(O)CN(CC(=O)CCCCCCCCCCCCC)CC(=O)NCCCCCCCCCCCC. The van der Waals surface area contributed by atoms with Crippen LogP contribution < -0.4 is 10.6 Å². The fourth-order valence-corrected chi connectivity index (χ4v) is 10.5. The van der Waals surface area contributed by atoms with Gasteiger partial charge in [0.05, 0.1) is 19.2 Å². The fourth-order valence-electron chi connectivity index (χ4n) is 10.5. The number of rotatable bonds is 62. The first kappa shape index (κ1) is 70.0. The average Bonchev–Trinajstić information content (AvgIpc) is 3.35. The number of nitrogens with zero attached hydrogens (tertiary/aromatic N) is 2. The minimum atomic E-state index is -0.596. The van der Waals surface area contributed by atoms with Gasteiger partial charge in [-0.1, -0.05) is 291 Å². The highest BCUT2D eigenvalue weighted by Gasteiger charge is 2.20. The summed E-state index contributed by atoms with van der Waals surface area (Å²) in [5.74, 6) is 0.194. The monoisotopic (exact) mass is 1000 g/mol. The third kappa shape index (κ3) is 56.5. The zero-order valence-electron chi connectivity index (χ0n) is 49.0. The Balaban J connectivity index is 5.06.